The SMILES string of the molecule is CCc1csc([C@H]2CCCN(C(=O)CCCn3ccnc3)C2)n1. The molecular formula is C17H24N4OS. The van der Waals surface area contributed by atoms with E-state index < -0.39 is 0 Å². The number of likely N-dealkylation sites (tertiary alicyclic amines) is 1. The predicted molar refractivity (Wildman–Crippen MR) is 91.5 cm³/mol. The minimum absolute atomic E-state index is 0.280. The Morgan fingerprint density at radius 1 is 1.48 bits per heavy atom. The molecule has 0 unspecified atom stereocenters. The molecule has 2 aromatic rings. The molecular weight excluding hydrogens is 308 g/mol. The van der Waals surface area contributed by atoms with Gasteiger partial charge in [0.05, 0.1) is 17.0 Å². The van der Waals surface area contributed by atoms with Gasteiger partial charge in [0.2, 0.25) is 5.91 Å². The lowest BCUT2D eigenvalue weighted by Gasteiger charge is -2.32. The van der Waals surface area contributed by atoms with E-state index in [-0.39, 0.29) is 5.91 Å². The third kappa shape index (κ3) is 4.19. The molecule has 1 aliphatic rings. The van der Waals surface area contributed by atoms with E-state index in [1.807, 2.05) is 15.7 Å². The van der Waals surface area contributed by atoms with Crippen LogP contribution in [0, 0.1) is 0 Å². The maximum absolute atomic E-state index is 12.4. The van der Waals surface area contributed by atoms with Crippen LogP contribution >= 0.6 is 11.3 Å². The Balaban J connectivity index is 1.50. The zero-order valence-corrected chi connectivity index (χ0v) is 14.5. The number of aryl methyl sites for hydroxylation is 2. The second-order valence-corrected chi connectivity index (χ2v) is 7.00. The summed E-state index contributed by atoms with van der Waals surface area (Å²) in [6.07, 6.45) is 10.2. The lowest BCUT2D eigenvalue weighted by Crippen LogP contribution is -2.39. The maximum atomic E-state index is 12.4. The summed E-state index contributed by atoms with van der Waals surface area (Å²) in [5.41, 5.74) is 1.17. The second-order valence-electron chi connectivity index (χ2n) is 6.11. The number of hydrogen-bond acceptors (Lipinski definition) is 4. The lowest BCUT2D eigenvalue weighted by molar-refractivity contribution is -0.132. The van der Waals surface area contributed by atoms with Crippen molar-refractivity contribution >= 4 is 17.2 Å². The topological polar surface area (TPSA) is 51.0 Å². The average molecular weight is 332 g/mol. The zero-order chi connectivity index (χ0) is 16.1. The summed E-state index contributed by atoms with van der Waals surface area (Å²) in [7, 11) is 0. The first-order valence-electron chi connectivity index (χ1n) is 8.44. The van der Waals surface area contributed by atoms with Crippen LogP contribution < -0.4 is 0 Å². The van der Waals surface area contributed by atoms with Crippen molar-refractivity contribution in [2.24, 2.45) is 0 Å². The van der Waals surface area contributed by atoms with E-state index in [0.717, 1.165) is 45.3 Å². The van der Waals surface area contributed by atoms with E-state index >= 15 is 0 Å². The van der Waals surface area contributed by atoms with Gasteiger partial charge < -0.3 is 9.47 Å². The van der Waals surface area contributed by atoms with Gasteiger partial charge in [0.15, 0.2) is 0 Å². The first-order valence-corrected chi connectivity index (χ1v) is 9.32. The van der Waals surface area contributed by atoms with Crippen LogP contribution in [0.15, 0.2) is 24.1 Å². The molecule has 6 heteroatoms. The van der Waals surface area contributed by atoms with E-state index in [1.165, 1.54) is 10.7 Å². The van der Waals surface area contributed by atoms with Gasteiger partial charge in [-0.05, 0) is 25.7 Å². The minimum Gasteiger partial charge on any atom is -0.342 e. The molecule has 0 radical (unpaired) electrons. The van der Waals surface area contributed by atoms with Crippen LogP contribution in [0.3, 0.4) is 0 Å². The molecule has 0 aromatic carbocycles. The fourth-order valence-corrected chi connectivity index (χ4v) is 4.10. The number of imidazole rings is 1. The fraction of sp³-hybridized carbons (Fsp3) is 0.588. The number of rotatable bonds is 6. The largest absolute Gasteiger partial charge is 0.342 e. The molecule has 3 heterocycles. The van der Waals surface area contributed by atoms with Crippen molar-refractivity contribution in [3.05, 3.63) is 34.8 Å². The van der Waals surface area contributed by atoms with Gasteiger partial charge in [-0.3, -0.25) is 4.79 Å². The molecule has 3 rings (SSSR count). The Morgan fingerprint density at radius 2 is 2.39 bits per heavy atom. The molecule has 1 amide bonds. The van der Waals surface area contributed by atoms with Crippen molar-refractivity contribution in [1.29, 1.82) is 0 Å². The third-order valence-electron chi connectivity index (χ3n) is 4.42. The van der Waals surface area contributed by atoms with Crippen LogP contribution in [0.1, 0.15) is 49.2 Å². The number of thiazole rings is 1. The Bertz CT molecular complexity index is 622. The van der Waals surface area contributed by atoms with Crippen LogP contribution in [0.4, 0.5) is 0 Å². The quantitative estimate of drug-likeness (QED) is 0.817. The van der Waals surface area contributed by atoms with Crippen molar-refractivity contribution in [1.82, 2.24) is 19.4 Å². The van der Waals surface area contributed by atoms with Gasteiger partial charge in [0.25, 0.3) is 0 Å². The Hall–Kier alpha value is -1.69. The first-order chi connectivity index (χ1) is 11.3. The Morgan fingerprint density at radius 3 is 3.13 bits per heavy atom. The van der Waals surface area contributed by atoms with Crippen LogP contribution in [-0.2, 0) is 17.8 Å². The first kappa shape index (κ1) is 16.2. The second kappa shape index (κ2) is 7.73. The Labute approximate surface area is 141 Å². The predicted octanol–water partition coefficient (Wildman–Crippen LogP) is 3.09. The third-order valence-corrected chi connectivity index (χ3v) is 5.48. The zero-order valence-electron chi connectivity index (χ0n) is 13.6. The molecule has 5 nitrogen and oxygen atoms in total. The summed E-state index contributed by atoms with van der Waals surface area (Å²) in [6.45, 7) is 4.72. The van der Waals surface area contributed by atoms with Crippen molar-refractivity contribution in [2.75, 3.05) is 13.1 Å². The molecule has 0 saturated carbocycles. The van der Waals surface area contributed by atoms with Gasteiger partial charge in [0.1, 0.15) is 0 Å². The van der Waals surface area contributed by atoms with Crippen molar-refractivity contribution < 1.29 is 4.79 Å². The molecule has 0 N–H and O–H groups in total. The molecule has 124 valence electrons. The molecule has 23 heavy (non-hydrogen) atoms. The summed E-state index contributed by atoms with van der Waals surface area (Å²) in [5, 5.41) is 3.36. The van der Waals surface area contributed by atoms with Crippen molar-refractivity contribution in [3.63, 3.8) is 0 Å². The van der Waals surface area contributed by atoms with E-state index in [1.54, 1.807) is 23.9 Å². The maximum Gasteiger partial charge on any atom is 0.222 e. The molecule has 1 fully saturated rings. The van der Waals surface area contributed by atoms with Crippen LogP contribution in [0.25, 0.3) is 0 Å². The standard InChI is InChI=1S/C17H24N4OS/c1-2-15-12-23-17(19-15)14-5-3-9-21(11-14)16(22)6-4-8-20-10-7-18-13-20/h7,10,12-14H,2-6,8-9,11H2,1H3/t14-/m0/s1. The Kier molecular flexibility index (Phi) is 5.43. The molecule has 0 spiro atoms. The number of aromatic nitrogens is 3. The molecule has 2 aromatic heterocycles. The monoisotopic (exact) mass is 332 g/mol. The highest BCUT2D eigenvalue weighted by atomic mass is 32.1. The van der Waals surface area contributed by atoms with Gasteiger partial charge in [-0.2, -0.15) is 0 Å². The van der Waals surface area contributed by atoms with E-state index in [4.69, 9.17) is 4.98 Å². The van der Waals surface area contributed by atoms with E-state index in [9.17, 15) is 4.79 Å². The van der Waals surface area contributed by atoms with Gasteiger partial charge >= 0.3 is 0 Å². The van der Waals surface area contributed by atoms with Crippen LogP contribution in [0.2, 0.25) is 0 Å². The fourth-order valence-electron chi connectivity index (χ4n) is 3.07. The van der Waals surface area contributed by atoms with Gasteiger partial charge in [-0.25, -0.2) is 9.97 Å². The number of carbonyl (C=O) groups is 1. The summed E-state index contributed by atoms with van der Waals surface area (Å²) in [4.78, 5) is 23.2. The van der Waals surface area contributed by atoms with Gasteiger partial charge in [0, 0.05) is 49.7 Å². The molecule has 1 atom stereocenters. The summed E-state index contributed by atoms with van der Waals surface area (Å²) in [6, 6.07) is 0. The summed E-state index contributed by atoms with van der Waals surface area (Å²) >= 11 is 1.75. The number of nitrogens with zero attached hydrogens (tertiary/aromatic N) is 4. The average Bonchev–Trinajstić information content (AvgIpc) is 3.26. The summed E-state index contributed by atoms with van der Waals surface area (Å²) < 4.78 is 2.02. The number of hydrogen-bond donors (Lipinski definition) is 0. The highest BCUT2D eigenvalue weighted by Gasteiger charge is 2.26. The van der Waals surface area contributed by atoms with Crippen LogP contribution in [-0.4, -0.2) is 38.4 Å². The van der Waals surface area contributed by atoms with Crippen molar-refractivity contribution in [2.45, 2.75) is 51.5 Å². The molecule has 1 aliphatic heterocycles. The van der Waals surface area contributed by atoms with Gasteiger partial charge in [-0.15, -0.1) is 11.3 Å². The van der Waals surface area contributed by atoms with E-state index in [2.05, 4.69) is 17.3 Å². The van der Waals surface area contributed by atoms with Crippen molar-refractivity contribution in [3.8, 4) is 0 Å². The molecule has 1 saturated heterocycles. The number of piperidine rings is 1. The minimum atomic E-state index is 0.280. The highest BCUT2D eigenvalue weighted by Crippen LogP contribution is 2.29. The highest BCUT2D eigenvalue weighted by molar-refractivity contribution is 7.09. The number of carbonyl (C=O) groups excluding carboxylic acids is 1. The summed E-state index contributed by atoms with van der Waals surface area (Å²) in [5.74, 6) is 0.703. The lowest BCUT2D eigenvalue weighted by atomic mass is 9.98. The number of amides is 1. The van der Waals surface area contributed by atoms with E-state index in [0.29, 0.717) is 12.3 Å². The molecule has 0 aliphatic carbocycles. The smallest absolute Gasteiger partial charge is 0.222 e. The van der Waals surface area contributed by atoms with Gasteiger partial charge in [-0.1, -0.05) is 6.92 Å². The van der Waals surface area contributed by atoms with Crippen LogP contribution in [0.5, 0.6) is 0 Å². The molecule has 0 bridgehead atoms. The normalized spacial score (nSPS) is 18.3.